The summed E-state index contributed by atoms with van der Waals surface area (Å²) in [4.78, 5) is 4.31. The second-order valence-corrected chi connectivity index (χ2v) is 4.77. The van der Waals surface area contributed by atoms with Gasteiger partial charge in [0.25, 0.3) is 0 Å². The van der Waals surface area contributed by atoms with Crippen molar-refractivity contribution in [3.8, 4) is 22.8 Å². The van der Waals surface area contributed by atoms with Crippen LogP contribution in [0, 0.1) is 6.07 Å². The quantitative estimate of drug-likeness (QED) is 0.432. The minimum absolute atomic E-state index is 0. The van der Waals surface area contributed by atoms with Crippen LogP contribution < -0.4 is 14.8 Å². The van der Waals surface area contributed by atoms with E-state index in [0.717, 1.165) is 28.2 Å². The van der Waals surface area contributed by atoms with Crippen LogP contribution in [0.1, 0.15) is 0 Å². The van der Waals surface area contributed by atoms with Gasteiger partial charge in [-0.2, -0.15) is 0 Å². The van der Waals surface area contributed by atoms with Gasteiger partial charge in [-0.1, -0.05) is 29.7 Å². The normalized spacial score (nSPS) is 11.9. The molecule has 2 heterocycles. The van der Waals surface area contributed by atoms with E-state index in [1.54, 1.807) is 6.20 Å². The summed E-state index contributed by atoms with van der Waals surface area (Å²) in [6.45, 7) is 0. The van der Waals surface area contributed by atoms with Crippen molar-refractivity contribution in [2.24, 2.45) is 0 Å². The molecule has 1 aromatic heterocycles. The van der Waals surface area contributed by atoms with Crippen molar-refractivity contribution >= 4 is 12.6 Å². The molecule has 0 unspecified atom stereocenters. The molecule has 3 nitrogen and oxygen atoms in total. The van der Waals surface area contributed by atoms with Crippen LogP contribution in [0.25, 0.3) is 11.3 Å². The van der Waals surface area contributed by atoms with E-state index in [2.05, 4.69) is 11.1 Å². The number of hydrogen-bond acceptors (Lipinski definition) is 3. The standard InChI is InChI=1S/C17H11BNO2.Ir/c1-2-7-17-16(6-1)20-18(21-17)14-10-8-13(9-11-14)15-5-3-4-12-19-15;/h1-8,10-12H;/q-1;. The van der Waals surface area contributed by atoms with E-state index in [0.29, 0.717) is 0 Å². The Hall–Kier alpha value is -2.10. The molecule has 5 heteroatoms. The first-order valence-electron chi connectivity index (χ1n) is 6.75. The fourth-order valence-corrected chi connectivity index (χ4v) is 2.30. The van der Waals surface area contributed by atoms with Gasteiger partial charge in [-0.05, 0) is 23.9 Å². The molecule has 0 saturated carbocycles. The SMILES string of the molecule is [Ir].[c-]1cc(B2Oc3ccccc3O2)ccc1-c1ccccn1. The number of hydrogen-bond donors (Lipinski definition) is 0. The molecular weight excluding hydrogens is 453 g/mol. The van der Waals surface area contributed by atoms with E-state index < -0.39 is 7.12 Å². The summed E-state index contributed by atoms with van der Waals surface area (Å²) in [5, 5.41) is 0. The average molecular weight is 464 g/mol. The smallest absolute Gasteiger partial charge is 0.528 e. The summed E-state index contributed by atoms with van der Waals surface area (Å²) in [5.74, 6) is 1.55. The van der Waals surface area contributed by atoms with Gasteiger partial charge in [0.1, 0.15) is 11.5 Å². The number of nitrogens with zero attached hydrogens (tertiary/aromatic N) is 1. The van der Waals surface area contributed by atoms with Crippen molar-refractivity contribution in [2.45, 2.75) is 0 Å². The molecule has 109 valence electrons. The van der Waals surface area contributed by atoms with Crippen molar-refractivity contribution < 1.29 is 29.4 Å². The van der Waals surface area contributed by atoms with Gasteiger partial charge in [0.15, 0.2) is 0 Å². The van der Waals surface area contributed by atoms with Crippen molar-refractivity contribution in [3.63, 3.8) is 0 Å². The number of fused-ring (bicyclic) bond motifs is 1. The summed E-state index contributed by atoms with van der Waals surface area (Å²) in [7, 11) is -0.406. The zero-order valence-electron chi connectivity index (χ0n) is 11.5. The molecule has 1 aliphatic rings. The van der Waals surface area contributed by atoms with Gasteiger partial charge in [0, 0.05) is 26.3 Å². The maximum Gasteiger partial charge on any atom is 0.573 e. The maximum atomic E-state index is 5.78. The van der Waals surface area contributed by atoms with Crippen LogP contribution in [0.15, 0.2) is 66.9 Å². The maximum absolute atomic E-state index is 5.78. The van der Waals surface area contributed by atoms with E-state index in [1.165, 1.54) is 0 Å². The summed E-state index contributed by atoms with van der Waals surface area (Å²) in [5.41, 5.74) is 2.79. The molecular formula is C17H11BIrNO2-. The van der Waals surface area contributed by atoms with E-state index in [-0.39, 0.29) is 20.1 Å². The van der Waals surface area contributed by atoms with Crippen molar-refractivity contribution in [1.82, 2.24) is 4.98 Å². The van der Waals surface area contributed by atoms with Crippen LogP contribution in [0.4, 0.5) is 0 Å². The van der Waals surface area contributed by atoms with Crippen molar-refractivity contribution in [1.29, 1.82) is 0 Å². The van der Waals surface area contributed by atoms with Gasteiger partial charge in [-0.15, -0.1) is 29.8 Å². The Morgan fingerprint density at radius 3 is 2.18 bits per heavy atom. The topological polar surface area (TPSA) is 31.4 Å². The van der Waals surface area contributed by atoms with E-state index >= 15 is 0 Å². The zero-order chi connectivity index (χ0) is 14.1. The Kier molecular flexibility index (Phi) is 4.28. The Balaban J connectivity index is 0.00000144. The van der Waals surface area contributed by atoms with Crippen LogP contribution in [-0.4, -0.2) is 12.1 Å². The third-order valence-corrected chi connectivity index (χ3v) is 3.37. The monoisotopic (exact) mass is 465 g/mol. The first kappa shape index (κ1) is 14.8. The van der Waals surface area contributed by atoms with Crippen molar-refractivity contribution in [2.75, 3.05) is 0 Å². The summed E-state index contributed by atoms with van der Waals surface area (Å²) < 4.78 is 11.6. The fraction of sp³-hybridized carbons (Fsp3) is 0. The minimum atomic E-state index is -0.406. The van der Waals surface area contributed by atoms with Gasteiger partial charge >= 0.3 is 7.12 Å². The zero-order valence-corrected chi connectivity index (χ0v) is 13.9. The average Bonchev–Trinajstić information content (AvgIpc) is 3.00. The predicted octanol–water partition coefficient (Wildman–Crippen LogP) is 2.71. The molecule has 0 bridgehead atoms. The molecule has 22 heavy (non-hydrogen) atoms. The number of pyridine rings is 1. The molecule has 1 aliphatic heterocycles. The van der Waals surface area contributed by atoms with E-state index in [1.807, 2.05) is 60.7 Å². The third kappa shape index (κ3) is 2.78. The van der Waals surface area contributed by atoms with Gasteiger partial charge in [-0.25, -0.2) is 0 Å². The Bertz CT molecular complexity index is 740. The molecule has 0 saturated heterocycles. The molecule has 0 atom stereocenters. The Morgan fingerprint density at radius 2 is 1.59 bits per heavy atom. The van der Waals surface area contributed by atoms with Gasteiger partial charge in [-0.3, -0.25) is 0 Å². The predicted molar refractivity (Wildman–Crippen MR) is 81.6 cm³/mol. The third-order valence-electron chi connectivity index (χ3n) is 3.37. The van der Waals surface area contributed by atoms with Crippen LogP contribution in [-0.2, 0) is 20.1 Å². The summed E-state index contributed by atoms with van der Waals surface area (Å²) in [6.07, 6.45) is 1.77. The first-order chi connectivity index (χ1) is 10.4. The number of benzene rings is 2. The minimum Gasteiger partial charge on any atom is -0.528 e. The summed E-state index contributed by atoms with van der Waals surface area (Å²) >= 11 is 0. The Morgan fingerprint density at radius 1 is 0.864 bits per heavy atom. The fourth-order valence-electron chi connectivity index (χ4n) is 2.30. The van der Waals surface area contributed by atoms with Crippen LogP contribution in [0.2, 0.25) is 0 Å². The molecule has 3 aromatic rings. The van der Waals surface area contributed by atoms with Gasteiger partial charge in [0.05, 0.1) is 0 Å². The van der Waals surface area contributed by atoms with E-state index in [4.69, 9.17) is 9.31 Å². The van der Waals surface area contributed by atoms with Gasteiger partial charge in [0.2, 0.25) is 0 Å². The molecule has 0 amide bonds. The second-order valence-electron chi connectivity index (χ2n) is 4.77. The summed E-state index contributed by atoms with van der Waals surface area (Å²) in [6, 6.07) is 22.6. The number of rotatable bonds is 2. The number of aromatic nitrogens is 1. The first-order valence-corrected chi connectivity index (χ1v) is 6.75. The van der Waals surface area contributed by atoms with Crippen LogP contribution in [0.5, 0.6) is 11.5 Å². The van der Waals surface area contributed by atoms with Gasteiger partial charge < -0.3 is 14.3 Å². The molecule has 0 N–H and O–H groups in total. The molecule has 0 fully saturated rings. The molecule has 1 radical (unpaired) electrons. The second kappa shape index (κ2) is 6.35. The van der Waals surface area contributed by atoms with Crippen LogP contribution >= 0.6 is 0 Å². The molecule has 0 spiro atoms. The molecule has 0 aliphatic carbocycles. The van der Waals surface area contributed by atoms with Crippen molar-refractivity contribution in [3.05, 3.63) is 72.9 Å². The largest absolute Gasteiger partial charge is 0.573 e. The molecule has 2 aromatic carbocycles. The number of para-hydroxylation sites is 2. The molecule has 4 rings (SSSR count). The van der Waals surface area contributed by atoms with E-state index in [9.17, 15) is 0 Å². The van der Waals surface area contributed by atoms with Crippen LogP contribution in [0.3, 0.4) is 0 Å². The Labute approximate surface area is 142 Å².